The predicted molar refractivity (Wildman–Crippen MR) is 97.7 cm³/mol. The monoisotopic (exact) mass is 398 g/mol. The van der Waals surface area contributed by atoms with Crippen LogP contribution in [0.2, 0.25) is 0 Å². The predicted octanol–water partition coefficient (Wildman–Crippen LogP) is 1.71. The van der Waals surface area contributed by atoms with E-state index >= 15 is 0 Å². The van der Waals surface area contributed by atoms with Crippen LogP contribution in [0.5, 0.6) is 5.88 Å². The van der Waals surface area contributed by atoms with Crippen LogP contribution in [0.4, 0.5) is 10.3 Å². The quantitative estimate of drug-likeness (QED) is 0.831. The van der Waals surface area contributed by atoms with Gasteiger partial charge in [-0.2, -0.15) is 14.6 Å². The summed E-state index contributed by atoms with van der Waals surface area (Å²) in [6.07, 6.45) is 5.83. The Morgan fingerprint density at radius 3 is 2.79 bits per heavy atom. The van der Waals surface area contributed by atoms with Crippen molar-refractivity contribution in [1.82, 2.24) is 20.0 Å². The summed E-state index contributed by atoms with van der Waals surface area (Å²) < 4.78 is 13.2. The average Bonchev–Trinajstić information content (AvgIpc) is 3.25. The molecule has 2 aliphatic rings. The number of pyridine rings is 1. The maximum atomic E-state index is 13.2. The normalized spacial score (nSPS) is 19.9. The fourth-order valence-electron chi connectivity index (χ4n) is 3.70. The number of amides is 1. The summed E-state index contributed by atoms with van der Waals surface area (Å²) in [6, 6.07) is 3.53. The third-order valence-electron chi connectivity index (χ3n) is 5.24. The molecule has 0 spiro atoms. The highest BCUT2D eigenvalue weighted by Gasteiger charge is 2.37. The second kappa shape index (κ2) is 7.97. The van der Waals surface area contributed by atoms with Crippen LogP contribution in [0.3, 0.4) is 0 Å². The Morgan fingerprint density at radius 2 is 2.07 bits per heavy atom. The molecule has 10 heteroatoms. The van der Waals surface area contributed by atoms with Gasteiger partial charge in [0.25, 0.3) is 5.88 Å². The number of hydrogen-bond acceptors (Lipinski definition) is 8. The molecule has 0 aliphatic carbocycles. The molecule has 2 saturated heterocycles. The Balaban J connectivity index is 1.42. The van der Waals surface area contributed by atoms with Gasteiger partial charge in [0, 0.05) is 37.8 Å². The molecule has 0 unspecified atom stereocenters. The zero-order valence-corrected chi connectivity index (χ0v) is 15.5. The van der Waals surface area contributed by atoms with Crippen molar-refractivity contribution >= 4 is 11.9 Å². The number of nitrogens with zero attached hydrogens (tertiary/aromatic N) is 6. The summed E-state index contributed by atoms with van der Waals surface area (Å²) in [4.78, 5) is 32.2. The topological polar surface area (TPSA) is 115 Å². The molecular weight excluding hydrogens is 379 g/mol. The Hall–Kier alpha value is -3.32. The van der Waals surface area contributed by atoms with Crippen molar-refractivity contribution in [3.63, 3.8) is 0 Å². The lowest BCUT2D eigenvalue weighted by molar-refractivity contribution is -0.182. The molecule has 4 heterocycles. The summed E-state index contributed by atoms with van der Waals surface area (Å²) >= 11 is 0. The van der Waals surface area contributed by atoms with E-state index in [1.807, 2.05) is 4.90 Å². The van der Waals surface area contributed by atoms with Crippen LogP contribution in [-0.4, -0.2) is 50.7 Å². The van der Waals surface area contributed by atoms with Crippen molar-refractivity contribution in [1.29, 1.82) is 5.26 Å². The van der Waals surface area contributed by atoms with Crippen LogP contribution < -0.4 is 4.90 Å². The third-order valence-corrected chi connectivity index (χ3v) is 5.24. The number of hydroxylamine groups is 2. The molecule has 9 nitrogen and oxygen atoms in total. The standard InChI is InChI=1S/C19H19FN6O3/c20-15-11-23-19(24-17(15)27)25-4-1-13(2-5-25)18(28)26-16(3-6-29-26)14-7-12(8-21)9-22-10-14/h7,9-11,13,16H,1-6H2,(H,23,24,27)/t16-/m0/s1. The number of aromatic hydroxyl groups is 1. The molecule has 1 atom stereocenters. The van der Waals surface area contributed by atoms with E-state index in [0.29, 0.717) is 44.5 Å². The van der Waals surface area contributed by atoms with Gasteiger partial charge in [0.05, 0.1) is 24.4 Å². The summed E-state index contributed by atoms with van der Waals surface area (Å²) in [6.45, 7) is 1.44. The van der Waals surface area contributed by atoms with E-state index in [2.05, 4.69) is 21.0 Å². The van der Waals surface area contributed by atoms with E-state index in [4.69, 9.17) is 10.1 Å². The van der Waals surface area contributed by atoms with Crippen molar-refractivity contribution in [2.75, 3.05) is 24.6 Å². The zero-order valence-electron chi connectivity index (χ0n) is 15.5. The number of nitriles is 1. The van der Waals surface area contributed by atoms with Gasteiger partial charge in [0.1, 0.15) is 6.07 Å². The highest BCUT2D eigenvalue weighted by molar-refractivity contribution is 5.79. The Labute approximate surface area is 166 Å². The maximum absolute atomic E-state index is 13.2. The number of anilines is 1. The number of carbonyl (C=O) groups is 1. The summed E-state index contributed by atoms with van der Waals surface area (Å²) in [5.74, 6) is -1.64. The number of carbonyl (C=O) groups excluding carboxylic acids is 1. The number of rotatable bonds is 3. The molecule has 0 saturated carbocycles. The van der Waals surface area contributed by atoms with Gasteiger partial charge in [-0.1, -0.05) is 0 Å². The molecule has 0 bridgehead atoms. The Morgan fingerprint density at radius 1 is 1.28 bits per heavy atom. The van der Waals surface area contributed by atoms with Crippen LogP contribution in [-0.2, 0) is 9.63 Å². The summed E-state index contributed by atoms with van der Waals surface area (Å²) in [5, 5.41) is 19.9. The molecule has 150 valence electrons. The number of hydrogen-bond donors (Lipinski definition) is 1. The highest BCUT2D eigenvalue weighted by Crippen LogP contribution is 2.33. The fourth-order valence-corrected chi connectivity index (χ4v) is 3.70. The number of piperidine rings is 1. The molecule has 4 rings (SSSR count). The van der Waals surface area contributed by atoms with E-state index in [1.54, 1.807) is 12.3 Å². The minimum atomic E-state index is -0.869. The SMILES string of the molecule is N#Cc1cncc([C@@H]2CCON2C(=O)C2CCN(c3ncc(F)c(O)n3)CC2)c1. The maximum Gasteiger partial charge on any atom is 0.252 e. The van der Waals surface area contributed by atoms with Crippen LogP contribution in [0.15, 0.2) is 24.7 Å². The number of halogens is 1. The first-order chi connectivity index (χ1) is 14.1. The van der Waals surface area contributed by atoms with E-state index in [0.717, 1.165) is 11.8 Å². The molecule has 29 heavy (non-hydrogen) atoms. The molecule has 2 fully saturated rings. The van der Waals surface area contributed by atoms with Gasteiger partial charge >= 0.3 is 0 Å². The largest absolute Gasteiger partial charge is 0.491 e. The Kier molecular flexibility index (Phi) is 5.22. The second-order valence-corrected chi connectivity index (χ2v) is 7.02. The molecule has 0 radical (unpaired) electrons. The Bertz CT molecular complexity index is 957. The van der Waals surface area contributed by atoms with Gasteiger partial charge in [-0.25, -0.2) is 10.0 Å². The fraction of sp³-hybridized carbons (Fsp3) is 0.421. The molecule has 0 aromatic carbocycles. The van der Waals surface area contributed by atoms with Gasteiger partial charge < -0.3 is 10.0 Å². The lowest BCUT2D eigenvalue weighted by atomic mass is 9.95. The van der Waals surface area contributed by atoms with Crippen molar-refractivity contribution in [2.24, 2.45) is 5.92 Å². The smallest absolute Gasteiger partial charge is 0.252 e. The lowest BCUT2D eigenvalue weighted by Crippen LogP contribution is -2.42. The first-order valence-corrected chi connectivity index (χ1v) is 9.34. The second-order valence-electron chi connectivity index (χ2n) is 7.02. The summed E-state index contributed by atoms with van der Waals surface area (Å²) in [5.41, 5.74) is 1.22. The van der Waals surface area contributed by atoms with Gasteiger partial charge in [-0.15, -0.1) is 0 Å². The van der Waals surface area contributed by atoms with E-state index in [-0.39, 0.29) is 23.8 Å². The van der Waals surface area contributed by atoms with Crippen molar-refractivity contribution in [2.45, 2.75) is 25.3 Å². The van der Waals surface area contributed by atoms with Gasteiger partial charge in [-0.3, -0.25) is 14.6 Å². The molecule has 1 N–H and O–H groups in total. The molecule has 2 aromatic rings. The van der Waals surface area contributed by atoms with E-state index < -0.39 is 11.7 Å². The van der Waals surface area contributed by atoms with E-state index in [9.17, 15) is 14.3 Å². The van der Waals surface area contributed by atoms with Crippen LogP contribution in [0, 0.1) is 23.1 Å². The van der Waals surface area contributed by atoms with Crippen molar-refractivity contribution < 1.29 is 19.1 Å². The molecule has 2 aromatic heterocycles. The van der Waals surface area contributed by atoms with Crippen LogP contribution in [0.25, 0.3) is 0 Å². The zero-order chi connectivity index (χ0) is 20.4. The molecule has 1 amide bonds. The van der Waals surface area contributed by atoms with Gasteiger partial charge in [0.2, 0.25) is 17.7 Å². The first-order valence-electron chi connectivity index (χ1n) is 9.34. The van der Waals surface area contributed by atoms with Gasteiger partial charge in [-0.05, 0) is 24.5 Å². The highest BCUT2D eigenvalue weighted by atomic mass is 19.1. The van der Waals surface area contributed by atoms with Crippen molar-refractivity contribution in [3.8, 4) is 11.9 Å². The molecular formula is C19H19FN6O3. The third kappa shape index (κ3) is 3.82. The van der Waals surface area contributed by atoms with Crippen LogP contribution >= 0.6 is 0 Å². The summed E-state index contributed by atoms with van der Waals surface area (Å²) in [7, 11) is 0. The minimum absolute atomic E-state index is 0.0996. The first kappa shape index (κ1) is 19.0. The van der Waals surface area contributed by atoms with E-state index in [1.165, 1.54) is 11.3 Å². The average molecular weight is 398 g/mol. The van der Waals surface area contributed by atoms with Gasteiger partial charge in [0.15, 0.2) is 0 Å². The van der Waals surface area contributed by atoms with Crippen LogP contribution in [0.1, 0.15) is 36.4 Å². The lowest BCUT2D eigenvalue weighted by Gasteiger charge is -2.34. The van der Waals surface area contributed by atoms with Crippen molar-refractivity contribution in [3.05, 3.63) is 41.6 Å². The molecule has 2 aliphatic heterocycles. The number of aromatic nitrogens is 3. The minimum Gasteiger partial charge on any atom is -0.491 e.